The number of rotatable bonds is 1. The Morgan fingerprint density at radius 3 is 3.22 bits per heavy atom. The number of fused-ring (bicyclic) bond motifs is 1. The fourth-order valence-electron chi connectivity index (χ4n) is 2.04. The average molecular weight is 262 g/mol. The molecule has 0 amide bonds. The number of furan rings is 1. The van der Waals surface area contributed by atoms with Gasteiger partial charge in [-0.3, -0.25) is 0 Å². The highest BCUT2D eigenvalue weighted by Gasteiger charge is 2.24. The number of halogens is 1. The molecule has 0 saturated carbocycles. The highest BCUT2D eigenvalue weighted by atomic mass is 35.5. The van der Waals surface area contributed by atoms with Crippen LogP contribution in [0.3, 0.4) is 0 Å². The van der Waals surface area contributed by atoms with Gasteiger partial charge in [-0.25, -0.2) is 4.79 Å². The number of hydrogen-bond donors (Lipinski definition) is 0. The van der Waals surface area contributed by atoms with E-state index < -0.39 is 17.9 Å². The maximum Gasteiger partial charge on any atom is 0.340 e. The molecule has 0 aromatic carbocycles. The van der Waals surface area contributed by atoms with Crippen molar-refractivity contribution in [1.82, 2.24) is 0 Å². The van der Waals surface area contributed by atoms with Crippen LogP contribution >= 0.6 is 11.6 Å². The Balaban J connectivity index is 2.30. The Hall–Kier alpha value is -1.80. The lowest BCUT2D eigenvalue weighted by Crippen LogP contribution is -2.07. The number of allylic oxidation sites excluding steroid dienone is 4. The highest BCUT2D eigenvalue weighted by molar-refractivity contribution is 6.32. The van der Waals surface area contributed by atoms with Crippen LogP contribution in [0.1, 0.15) is 22.0 Å². The van der Waals surface area contributed by atoms with Crippen molar-refractivity contribution in [2.24, 2.45) is 0 Å². The standard InChI is InChI=1S/C15H11ClO2/c16-12-9-5-4-8-11-13(15(17)18-14(11)12)10-6-2-1-3-7-10/h1-6,8-10H,7H2/i4D,7D,9D. The molecule has 18 heavy (non-hydrogen) atoms. The summed E-state index contributed by atoms with van der Waals surface area (Å²) in [4.78, 5) is 12.2. The van der Waals surface area contributed by atoms with Gasteiger partial charge < -0.3 is 4.42 Å². The third-order valence-corrected chi connectivity index (χ3v) is 3.13. The Bertz CT molecular complexity index is 794. The smallest absolute Gasteiger partial charge is 0.340 e. The summed E-state index contributed by atoms with van der Waals surface area (Å²) in [6.45, 7) is 0. The molecule has 0 spiro atoms. The van der Waals surface area contributed by atoms with Crippen LogP contribution in [-0.2, 0) is 0 Å². The van der Waals surface area contributed by atoms with Crippen molar-refractivity contribution in [3.8, 4) is 11.3 Å². The lowest BCUT2D eigenvalue weighted by Gasteiger charge is -2.10. The SMILES string of the molecule is [2H]c1cc([2H])c(Cl)c2oc(=O)c(C3C=CC=CC3[2H])c-2c1. The zero-order valence-corrected chi connectivity index (χ0v) is 10.1. The van der Waals surface area contributed by atoms with Gasteiger partial charge in [-0.05, 0) is 12.4 Å². The van der Waals surface area contributed by atoms with Crippen LogP contribution in [0.25, 0.3) is 11.3 Å². The molecule has 3 rings (SSSR count). The Morgan fingerprint density at radius 1 is 1.50 bits per heavy atom. The molecule has 2 nitrogen and oxygen atoms in total. The van der Waals surface area contributed by atoms with Gasteiger partial charge >= 0.3 is 5.63 Å². The van der Waals surface area contributed by atoms with Gasteiger partial charge in [0.05, 0.1) is 13.3 Å². The molecule has 3 heteroatoms. The van der Waals surface area contributed by atoms with Gasteiger partial charge in [0.25, 0.3) is 0 Å². The fraction of sp³-hybridized carbons (Fsp3) is 0.133. The minimum atomic E-state index is -0.600. The monoisotopic (exact) mass is 261 g/mol. The van der Waals surface area contributed by atoms with Gasteiger partial charge in [0.15, 0.2) is 5.76 Å². The Morgan fingerprint density at radius 2 is 2.39 bits per heavy atom. The first-order chi connectivity index (χ1) is 9.99. The largest absolute Gasteiger partial charge is 0.421 e. The summed E-state index contributed by atoms with van der Waals surface area (Å²) in [5, 5.41) is 0.00344. The number of hydrogen-bond acceptors (Lipinski definition) is 2. The molecule has 90 valence electrons. The zero-order chi connectivity index (χ0) is 15.1. The molecule has 0 fully saturated rings. The molecule has 0 aromatic rings. The van der Waals surface area contributed by atoms with Crippen molar-refractivity contribution in [3.05, 3.63) is 69.5 Å². The van der Waals surface area contributed by atoms with Crippen LogP contribution < -0.4 is 5.63 Å². The first-order valence-electron chi connectivity index (χ1n) is 7.07. The van der Waals surface area contributed by atoms with Crippen LogP contribution in [0.4, 0.5) is 0 Å². The van der Waals surface area contributed by atoms with E-state index in [1.165, 1.54) is 12.1 Å². The fourth-order valence-corrected chi connectivity index (χ4v) is 2.24. The molecular formula is C15H11ClO2. The van der Waals surface area contributed by atoms with Crippen molar-refractivity contribution in [1.29, 1.82) is 0 Å². The van der Waals surface area contributed by atoms with Gasteiger partial charge in [0, 0.05) is 12.9 Å². The van der Waals surface area contributed by atoms with Gasteiger partial charge in [-0.1, -0.05) is 54.1 Å². The lowest BCUT2D eigenvalue weighted by molar-refractivity contribution is 0.538. The van der Waals surface area contributed by atoms with Gasteiger partial charge in [0.1, 0.15) is 0 Å². The molecule has 0 aromatic heterocycles. The minimum Gasteiger partial charge on any atom is -0.421 e. The van der Waals surface area contributed by atoms with Gasteiger partial charge in [0.2, 0.25) is 0 Å². The molecule has 2 aliphatic carbocycles. The van der Waals surface area contributed by atoms with E-state index in [2.05, 4.69) is 0 Å². The predicted octanol–water partition coefficient (Wildman–Crippen LogP) is 4.00. The van der Waals surface area contributed by atoms with Crippen LogP contribution in [0.2, 0.25) is 5.02 Å². The summed E-state index contributed by atoms with van der Waals surface area (Å²) in [6, 6.07) is 2.74. The van der Waals surface area contributed by atoms with Crippen molar-refractivity contribution < 1.29 is 8.53 Å². The Labute approximate surface area is 114 Å². The second-order valence-corrected chi connectivity index (χ2v) is 4.33. The summed E-state index contributed by atoms with van der Waals surface area (Å²) < 4.78 is 28.8. The molecule has 1 aliphatic heterocycles. The maximum atomic E-state index is 12.2. The van der Waals surface area contributed by atoms with E-state index in [4.69, 9.17) is 20.1 Å². The molecule has 0 bridgehead atoms. The molecule has 3 aliphatic rings. The third-order valence-electron chi connectivity index (χ3n) is 2.85. The van der Waals surface area contributed by atoms with Crippen LogP contribution in [0, 0.1) is 0 Å². The van der Waals surface area contributed by atoms with Crippen LogP contribution in [-0.4, -0.2) is 0 Å². The summed E-state index contributed by atoms with van der Waals surface area (Å²) in [5.74, 6) is -0.342. The second kappa shape index (κ2) is 4.46. The van der Waals surface area contributed by atoms with E-state index >= 15 is 0 Å². The molecular weight excluding hydrogens is 248 g/mol. The minimum absolute atomic E-state index is 0.00344. The summed E-state index contributed by atoms with van der Waals surface area (Å²) in [7, 11) is 0. The van der Waals surface area contributed by atoms with Gasteiger partial charge in [-0.2, -0.15) is 0 Å². The Kier molecular flexibility index (Phi) is 2.07. The van der Waals surface area contributed by atoms with Crippen LogP contribution in [0.15, 0.2) is 57.7 Å². The molecule has 2 atom stereocenters. The van der Waals surface area contributed by atoms with E-state index in [9.17, 15) is 4.79 Å². The van der Waals surface area contributed by atoms with E-state index in [1.54, 1.807) is 24.3 Å². The van der Waals surface area contributed by atoms with Crippen molar-refractivity contribution in [2.45, 2.75) is 12.3 Å². The molecule has 1 heterocycles. The molecule has 0 radical (unpaired) electrons. The van der Waals surface area contributed by atoms with Crippen LogP contribution in [0.5, 0.6) is 0 Å². The van der Waals surface area contributed by atoms with Crippen molar-refractivity contribution in [3.63, 3.8) is 0 Å². The predicted molar refractivity (Wildman–Crippen MR) is 72.2 cm³/mol. The lowest BCUT2D eigenvalue weighted by atomic mass is 9.91. The zero-order valence-electron chi connectivity index (χ0n) is 12.3. The molecule has 0 saturated heterocycles. The third kappa shape index (κ3) is 1.79. The molecule has 0 N–H and O–H groups in total. The topological polar surface area (TPSA) is 30.2 Å². The van der Waals surface area contributed by atoms with E-state index in [1.807, 2.05) is 0 Å². The van der Waals surface area contributed by atoms with E-state index in [0.717, 1.165) is 0 Å². The molecule has 2 unspecified atom stereocenters. The summed E-state index contributed by atoms with van der Waals surface area (Å²) >= 11 is 6.06. The van der Waals surface area contributed by atoms with Gasteiger partial charge in [-0.15, -0.1) is 0 Å². The summed E-state index contributed by atoms with van der Waals surface area (Å²) in [6.07, 6.45) is 6.37. The summed E-state index contributed by atoms with van der Waals surface area (Å²) in [5.41, 5.74) is 0.145. The highest BCUT2D eigenvalue weighted by Crippen LogP contribution is 2.36. The maximum absolute atomic E-state index is 12.2. The van der Waals surface area contributed by atoms with E-state index in [0.29, 0.717) is 11.1 Å². The average Bonchev–Trinajstić information content (AvgIpc) is 2.70. The quantitative estimate of drug-likeness (QED) is 0.777. The second-order valence-electron chi connectivity index (χ2n) is 3.95. The first-order valence-corrected chi connectivity index (χ1v) is 5.87. The van der Waals surface area contributed by atoms with Crippen molar-refractivity contribution in [2.75, 3.05) is 0 Å². The normalized spacial score (nSPS) is 24.8. The van der Waals surface area contributed by atoms with Crippen molar-refractivity contribution >= 4 is 11.6 Å². The first kappa shape index (κ1) is 8.33. The van der Waals surface area contributed by atoms with E-state index in [-0.39, 0.29) is 22.9 Å².